The van der Waals surface area contributed by atoms with Gasteiger partial charge in [0.2, 0.25) is 8.32 Å². The minimum atomic E-state index is -2.91. The molecule has 0 aliphatic carbocycles. The summed E-state index contributed by atoms with van der Waals surface area (Å²) in [4.78, 5) is 0. The highest BCUT2D eigenvalue weighted by molar-refractivity contribution is 6.77. The van der Waals surface area contributed by atoms with E-state index in [1.165, 1.54) is 0 Å². The van der Waals surface area contributed by atoms with Crippen molar-refractivity contribution in [2.45, 2.75) is 76.2 Å². The van der Waals surface area contributed by atoms with Crippen molar-refractivity contribution in [3.05, 3.63) is 0 Å². The zero-order valence-electron chi connectivity index (χ0n) is 24.2. The molecule has 0 unspecified atom stereocenters. The van der Waals surface area contributed by atoms with E-state index in [-0.39, 0.29) is 0 Å². The van der Waals surface area contributed by atoms with Crippen LogP contribution in [0.4, 0.5) is 0 Å². The molecule has 0 fully saturated rings. The maximum Gasteiger partial charge on any atom is 0.500 e. The third-order valence-electron chi connectivity index (χ3n) is 6.91. The Morgan fingerprint density at radius 1 is 0.629 bits per heavy atom. The van der Waals surface area contributed by atoms with Crippen molar-refractivity contribution in [3.8, 4) is 0 Å². The van der Waals surface area contributed by atoms with Crippen LogP contribution in [0.15, 0.2) is 0 Å². The Hall–Kier alpha value is 0.251. The van der Waals surface area contributed by atoms with Crippen LogP contribution in [0.1, 0.15) is 40.5 Å². The fourth-order valence-corrected chi connectivity index (χ4v) is 13.6. The molecular weight excluding hydrogens is 501 g/mol. The molecule has 0 bridgehead atoms. The molecule has 35 heavy (non-hydrogen) atoms. The molecule has 0 amide bonds. The lowest BCUT2D eigenvalue weighted by Gasteiger charge is -2.50. The van der Waals surface area contributed by atoms with Crippen LogP contribution in [0, 0.1) is 0 Å². The molecule has 0 aliphatic rings. The Morgan fingerprint density at radius 3 is 1.49 bits per heavy atom. The predicted molar refractivity (Wildman–Crippen MR) is 150 cm³/mol. The van der Waals surface area contributed by atoms with Crippen molar-refractivity contribution >= 4 is 25.7 Å². The van der Waals surface area contributed by atoms with E-state index >= 15 is 0 Å². The molecule has 0 radical (unpaired) electrons. The topological polar surface area (TPSA) is 131 Å². The molecule has 0 saturated heterocycles. The summed E-state index contributed by atoms with van der Waals surface area (Å²) in [6, 6.07) is 1.51. The molecule has 0 saturated carbocycles. The van der Waals surface area contributed by atoms with Gasteiger partial charge >= 0.3 is 17.4 Å². The monoisotopic (exact) mass is 556 g/mol. The van der Waals surface area contributed by atoms with Gasteiger partial charge in [0.15, 0.2) is 0 Å². The summed E-state index contributed by atoms with van der Waals surface area (Å²) in [7, 11) is -1.32. The van der Waals surface area contributed by atoms with Crippen molar-refractivity contribution < 1.29 is 26.6 Å². The van der Waals surface area contributed by atoms with Gasteiger partial charge < -0.3 is 48.7 Å². The maximum absolute atomic E-state index is 6.98. The lowest BCUT2D eigenvalue weighted by atomic mass is 10.4. The minimum Gasteiger partial charge on any atom is -0.407 e. The summed E-state index contributed by atoms with van der Waals surface area (Å²) in [6.45, 7) is 17.2. The summed E-state index contributed by atoms with van der Waals surface area (Å²) in [5.41, 5.74) is 11.2. The van der Waals surface area contributed by atoms with Gasteiger partial charge in [-0.1, -0.05) is 0 Å². The number of hydrogen-bond acceptors (Lipinski definition) is 10. The highest BCUT2D eigenvalue weighted by atomic mass is 28.4. The first-order valence-corrected chi connectivity index (χ1v) is 19.6. The Balaban J connectivity index is 5.56. The van der Waals surface area contributed by atoms with E-state index in [0.29, 0.717) is 19.1 Å². The van der Waals surface area contributed by atoms with Crippen LogP contribution < -0.4 is 22.1 Å². The normalized spacial score (nSPS) is 14.1. The molecule has 0 spiro atoms. The average Bonchev–Trinajstić information content (AvgIpc) is 2.79. The molecule has 0 aliphatic heterocycles. The van der Waals surface area contributed by atoms with E-state index in [2.05, 4.69) is 51.4 Å². The third kappa shape index (κ3) is 10.5. The zero-order valence-corrected chi connectivity index (χ0v) is 27.2. The van der Waals surface area contributed by atoms with Gasteiger partial charge in [-0.25, -0.2) is 0 Å². The SMILES string of the molecule is CO[Si](CCCNCCN)(OC)OC(C)(C)[Si](C)(C)OC(C)(C)[Si](CCCNCCN)(OC)OC. The van der Waals surface area contributed by atoms with Gasteiger partial charge in [0.25, 0.3) is 0 Å². The van der Waals surface area contributed by atoms with E-state index in [9.17, 15) is 0 Å². The fourth-order valence-electron chi connectivity index (χ4n) is 4.18. The predicted octanol–water partition coefficient (Wildman–Crippen LogP) is 1.70. The van der Waals surface area contributed by atoms with E-state index in [0.717, 1.165) is 45.1 Å². The Kier molecular flexibility index (Phi) is 16.4. The number of hydrogen-bond donors (Lipinski definition) is 4. The first kappa shape index (κ1) is 35.3. The van der Waals surface area contributed by atoms with Crippen LogP contribution in [-0.2, 0) is 26.6 Å². The third-order valence-corrected chi connectivity index (χ3v) is 18.6. The molecule has 0 rings (SSSR count). The Bertz CT molecular complexity index is 565. The van der Waals surface area contributed by atoms with E-state index in [4.69, 9.17) is 38.0 Å². The molecule has 6 N–H and O–H groups in total. The first-order chi connectivity index (χ1) is 16.3. The summed E-state index contributed by atoms with van der Waals surface area (Å²) in [5, 5.41) is 5.48. The van der Waals surface area contributed by atoms with Crippen LogP contribution in [0.5, 0.6) is 0 Å². The molecule has 13 heteroatoms. The molecule has 0 atom stereocenters. The first-order valence-electron chi connectivity index (χ1n) is 12.7. The van der Waals surface area contributed by atoms with Gasteiger partial charge in [0.1, 0.15) is 0 Å². The zero-order chi connectivity index (χ0) is 27.2. The van der Waals surface area contributed by atoms with Crippen LogP contribution in [-0.4, -0.2) is 104 Å². The van der Waals surface area contributed by atoms with Gasteiger partial charge in [-0.2, -0.15) is 0 Å². The second-order valence-corrected chi connectivity index (χ2v) is 21.6. The quantitative estimate of drug-likeness (QED) is 0.115. The second-order valence-electron chi connectivity index (χ2n) is 10.3. The minimum absolute atomic E-state index is 0.586. The molecule has 0 aromatic heterocycles. The molecule has 0 aromatic rings. The van der Waals surface area contributed by atoms with Crippen molar-refractivity contribution in [3.63, 3.8) is 0 Å². The fraction of sp³-hybridized carbons (Fsp3) is 1.00. The van der Waals surface area contributed by atoms with Gasteiger partial charge in [0.05, 0.1) is 10.4 Å². The number of rotatable bonds is 22. The number of nitrogens with two attached hydrogens (primary N) is 2. The van der Waals surface area contributed by atoms with Crippen LogP contribution >= 0.6 is 0 Å². The van der Waals surface area contributed by atoms with Crippen molar-refractivity contribution in [1.82, 2.24) is 10.6 Å². The summed E-state index contributed by atoms with van der Waals surface area (Å²) >= 11 is 0. The largest absolute Gasteiger partial charge is 0.500 e. The molecule has 0 aromatic carbocycles. The maximum atomic E-state index is 6.98. The lowest BCUT2D eigenvalue weighted by molar-refractivity contribution is 0.0164. The number of nitrogens with one attached hydrogen (secondary N) is 2. The van der Waals surface area contributed by atoms with Crippen LogP contribution in [0.2, 0.25) is 25.2 Å². The van der Waals surface area contributed by atoms with Crippen molar-refractivity contribution in [2.75, 3.05) is 67.7 Å². The van der Waals surface area contributed by atoms with Gasteiger partial charge in [0, 0.05) is 60.7 Å². The standard InChI is InChI=1S/C22H56N4O6Si3/c1-21(2,32-35(29-7,30-8)20-12-16-26-18-14-24)33(9,10)31-22(3,4)34(27-5,28-6)19-11-15-25-17-13-23/h25-26H,11-20,23-24H2,1-10H3. The molecule has 10 nitrogen and oxygen atoms in total. The highest BCUT2D eigenvalue weighted by Crippen LogP contribution is 2.38. The molecular formula is C22H56N4O6Si3. The van der Waals surface area contributed by atoms with Gasteiger partial charge in [-0.05, 0) is 72.8 Å². The van der Waals surface area contributed by atoms with E-state index in [1.807, 2.05) is 0 Å². The van der Waals surface area contributed by atoms with Crippen molar-refractivity contribution in [1.29, 1.82) is 0 Å². The van der Waals surface area contributed by atoms with Crippen LogP contribution in [0.3, 0.4) is 0 Å². The summed E-state index contributed by atoms with van der Waals surface area (Å²) in [5.74, 6) is 0. The van der Waals surface area contributed by atoms with Crippen molar-refractivity contribution in [2.24, 2.45) is 11.5 Å². The van der Waals surface area contributed by atoms with Gasteiger partial charge in [-0.15, -0.1) is 0 Å². The van der Waals surface area contributed by atoms with E-state index < -0.39 is 36.1 Å². The summed E-state index contributed by atoms with van der Waals surface area (Å²) < 4.78 is 37.7. The smallest absolute Gasteiger partial charge is 0.407 e. The summed E-state index contributed by atoms with van der Waals surface area (Å²) in [6.07, 6.45) is 1.80. The lowest BCUT2D eigenvalue weighted by Crippen LogP contribution is -2.69. The Morgan fingerprint density at radius 2 is 1.09 bits per heavy atom. The highest BCUT2D eigenvalue weighted by Gasteiger charge is 2.58. The second kappa shape index (κ2) is 16.3. The van der Waals surface area contributed by atoms with Gasteiger partial charge in [-0.3, -0.25) is 0 Å². The van der Waals surface area contributed by atoms with E-state index in [1.54, 1.807) is 28.4 Å². The molecule has 0 heterocycles. The Labute approximate surface area is 218 Å². The average molecular weight is 557 g/mol. The van der Waals surface area contributed by atoms with Crippen LogP contribution in [0.25, 0.3) is 0 Å². The molecule has 212 valence electrons.